The smallest absolute Gasteiger partial charge is 0.164 e. The van der Waals surface area contributed by atoms with E-state index in [1.165, 1.54) is 0 Å². The maximum absolute atomic E-state index is 5.08. The first-order chi connectivity index (χ1) is 29.7. The van der Waals surface area contributed by atoms with E-state index in [0.717, 1.165) is 66.8 Å². The Kier molecular flexibility index (Phi) is 9.84. The number of rotatable bonds is 9. The summed E-state index contributed by atoms with van der Waals surface area (Å²) in [7, 11) is 0. The van der Waals surface area contributed by atoms with E-state index in [2.05, 4.69) is 127 Å². The lowest BCUT2D eigenvalue weighted by Gasteiger charge is -2.11. The van der Waals surface area contributed by atoms with Gasteiger partial charge < -0.3 is 0 Å². The van der Waals surface area contributed by atoms with Crippen molar-refractivity contribution in [3.05, 3.63) is 218 Å². The van der Waals surface area contributed by atoms with E-state index in [0.29, 0.717) is 34.9 Å². The molecule has 0 spiro atoms. The molecule has 0 radical (unpaired) electrons. The summed E-state index contributed by atoms with van der Waals surface area (Å²) < 4.78 is 0. The molecule has 0 bridgehead atoms. The molecule has 8 aromatic carbocycles. The molecule has 10 rings (SSSR count). The Labute approximate surface area is 348 Å². The third-order valence-corrected chi connectivity index (χ3v) is 10.4. The zero-order valence-corrected chi connectivity index (χ0v) is 32.5. The molecule has 10 aromatic rings. The molecule has 0 aliphatic rings. The zero-order chi connectivity index (χ0) is 40.1. The first kappa shape index (κ1) is 36.1. The minimum atomic E-state index is 0.592. The minimum absolute atomic E-state index is 0.592. The highest BCUT2D eigenvalue weighted by Crippen LogP contribution is 2.33. The standard InChI is InChI=1S/C54H36N6/c1-5-16-37(17-6-1)39-30-32-42(33-31-39)51-55-49(40-20-9-3-10-21-40)56-52(59-51)47-28-14-25-44(35-47)45-26-15-29-48(36-45)54-58-50(41-22-11-4-12-23-41)57-53(60-54)46-27-13-24-43(34-46)38-18-7-2-8-19-38/h1-36H. The summed E-state index contributed by atoms with van der Waals surface area (Å²) in [6.45, 7) is 0. The fourth-order valence-electron chi connectivity index (χ4n) is 7.29. The monoisotopic (exact) mass is 768 g/mol. The van der Waals surface area contributed by atoms with E-state index >= 15 is 0 Å². The summed E-state index contributed by atoms with van der Waals surface area (Å²) in [4.78, 5) is 30.1. The highest BCUT2D eigenvalue weighted by atomic mass is 15.0. The molecule has 0 aliphatic carbocycles. The summed E-state index contributed by atoms with van der Waals surface area (Å²) in [5, 5.41) is 0. The second-order valence-electron chi connectivity index (χ2n) is 14.4. The first-order valence-corrected chi connectivity index (χ1v) is 19.9. The Morgan fingerprint density at radius 3 is 0.700 bits per heavy atom. The molecule has 0 fully saturated rings. The maximum atomic E-state index is 5.08. The summed E-state index contributed by atoms with van der Waals surface area (Å²) in [5.41, 5.74) is 12.0. The second kappa shape index (κ2) is 16.3. The fourth-order valence-corrected chi connectivity index (χ4v) is 7.29. The van der Waals surface area contributed by atoms with Gasteiger partial charge in [-0.2, -0.15) is 0 Å². The SMILES string of the molecule is c1ccc(-c2ccc(-c3nc(-c4ccccc4)nc(-c4cccc(-c5cccc(-c6nc(-c7ccccc7)nc(-c7cccc(-c8ccccc8)c7)n6)c5)c4)n3)cc2)cc1. The highest BCUT2D eigenvalue weighted by molar-refractivity contribution is 5.77. The van der Waals surface area contributed by atoms with E-state index in [9.17, 15) is 0 Å². The van der Waals surface area contributed by atoms with Crippen molar-refractivity contribution < 1.29 is 0 Å². The Balaban J connectivity index is 1.03. The molecule has 2 aromatic heterocycles. The van der Waals surface area contributed by atoms with Crippen LogP contribution in [0.1, 0.15) is 0 Å². The van der Waals surface area contributed by atoms with Gasteiger partial charge in [-0.05, 0) is 51.6 Å². The largest absolute Gasteiger partial charge is 0.208 e. The fraction of sp³-hybridized carbons (Fsp3) is 0. The van der Waals surface area contributed by atoms with Crippen LogP contribution in [-0.4, -0.2) is 29.9 Å². The average molecular weight is 769 g/mol. The third-order valence-electron chi connectivity index (χ3n) is 10.4. The number of hydrogen-bond donors (Lipinski definition) is 0. The van der Waals surface area contributed by atoms with Crippen molar-refractivity contribution in [3.8, 4) is 102 Å². The highest BCUT2D eigenvalue weighted by Gasteiger charge is 2.16. The van der Waals surface area contributed by atoms with Crippen molar-refractivity contribution in [2.45, 2.75) is 0 Å². The van der Waals surface area contributed by atoms with Gasteiger partial charge in [-0.3, -0.25) is 0 Å². The van der Waals surface area contributed by atoms with Crippen molar-refractivity contribution in [3.63, 3.8) is 0 Å². The zero-order valence-electron chi connectivity index (χ0n) is 32.5. The normalized spacial score (nSPS) is 11.0. The lowest BCUT2D eigenvalue weighted by Crippen LogP contribution is -2.00. The Morgan fingerprint density at radius 1 is 0.150 bits per heavy atom. The molecule has 0 atom stereocenters. The quantitative estimate of drug-likeness (QED) is 0.145. The van der Waals surface area contributed by atoms with Gasteiger partial charge >= 0.3 is 0 Å². The molecule has 60 heavy (non-hydrogen) atoms. The Hall–Kier alpha value is -8.22. The number of nitrogens with zero attached hydrogens (tertiary/aromatic N) is 6. The summed E-state index contributed by atoms with van der Waals surface area (Å²) in [6, 6.07) is 74.2. The van der Waals surface area contributed by atoms with Gasteiger partial charge in [0.1, 0.15) is 0 Å². The van der Waals surface area contributed by atoms with Crippen LogP contribution in [0.5, 0.6) is 0 Å². The number of aromatic nitrogens is 6. The predicted molar refractivity (Wildman–Crippen MR) is 242 cm³/mol. The summed E-state index contributed by atoms with van der Waals surface area (Å²) in [6.07, 6.45) is 0. The van der Waals surface area contributed by atoms with Gasteiger partial charge in [0.05, 0.1) is 0 Å². The van der Waals surface area contributed by atoms with Gasteiger partial charge in [0, 0.05) is 33.4 Å². The van der Waals surface area contributed by atoms with Crippen molar-refractivity contribution >= 4 is 0 Å². The van der Waals surface area contributed by atoms with Gasteiger partial charge in [-0.25, -0.2) is 29.9 Å². The van der Waals surface area contributed by atoms with Crippen LogP contribution in [0.15, 0.2) is 218 Å². The van der Waals surface area contributed by atoms with E-state index in [4.69, 9.17) is 29.9 Å². The Morgan fingerprint density at radius 2 is 0.350 bits per heavy atom. The molecule has 6 heteroatoms. The van der Waals surface area contributed by atoms with Crippen LogP contribution in [-0.2, 0) is 0 Å². The van der Waals surface area contributed by atoms with Crippen molar-refractivity contribution in [2.75, 3.05) is 0 Å². The van der Waals surface area contributed by atoms with Crippen LogP contribution >= 0.6 is 0 Å². The van der Waals surface area contributed by atoms with Crippen molar-refractivity contribution in [2.24, 2.45) is 0 Å². The van der Waals surface area contributed by atoms with E-state index < -0.39 is 0 Å². The van der Waals surface area contributed by atoms with Crippen LogP contribution in [0.4, 0.5) is 0 Å². The van der Waals surface area contributed by atoms with Gasteiger partial charge in [-0.15, -0.1) is 0 Å². The molecule has 0 aliphatic heterocycles. The van der Waals surface area contributed by atoms with Crippen LogP contribution in [0.2, 0.25) is 0 Å². The maximum Gasteiger partial charge on any atom is 0.164 e. The van der Waals surface area contributed by atoms with Gasteiger partial charge in [0.15, 0.2) is 34.9 Å². The molecular weight excluding hydrogens is 733 g/mol. The summed E-state index contributed by atoms with van der Waals surface area (Å²) >= 11 is 0. The molecule has 0 N–H and O–H groups in total. The van der Waals surface area contributed by atoms with Gasteiger partial charge in [0.2, 0.25) is 0 Å². The molecule has 0 saturated carbocycles. The molecular formula is C54H36N6. The van der Waals surface area contributed by atoms with Crippen molar-refractivity contribution in [1.82, 2.24) is 29.9 Å². The van der Waals surface area contributed by atoms with E-state index in [-0.39, 0.29) is 0 Å². The third kappa shape index (κ3) is 7.73. The van der Waals surface area contributed by atoms with E-state index in [1.54, 1.807) is 0 Å². The van der Waals surface area contributed by atoms with Crippen LogP contribution in [0.25, 0.3) is 102 Å². The predicted octanol–water partition coefficient (Wildman–Crippen LogP) is 13.1. The molecule has 6 nitrogen and oxygen atoms in total. The molecule has 282 valence electrons. The lowest BCUT2D eigenvalue weighted by molar-refractivity contribution is 1.07. The topological polar surface area (TPSA) is 77.3 Å². The van der Waals surface area contributed by atoms with E-state index in [1.807, 2.05) is 91.0 Å². The molecule has 0 amide bonds. The Bertz CT molecular complexity index is 3060. The average Bonchev–Trinajstić information content (AvgIpc) is 3.35. The molecule has 0 saturated heterocycles. The van der Waals surface area contributed by atoms with Gasteiger partial charge in [-0.1, -0.05) is 200 Å². The lowest BCUT2D eigenvalue weighted by atomic mass is 10.00. The van der Waals surface area contributed by atoms with Crippen LogP contribution < -0.4 is 0 Å². The second-order valence-corrected chi connectivity index (χ2v) is 14.4. The van der Waals surface area contributed by atoms with Crippen LogP contribution in [0.3, 0.4) is 0 Å². The van der Waals surface area contributed by atoms with Gasteiger partial charge in [0.25, 0.3) is 0 Å². The number of benzene rings is 8. The minimum Gasteiger partial charge on any atom is -0.208 e. The first-order valence-electron chi connectivity index (χ1n) is 19.9. The molecule has 0 unspecified atom stereocenters. The molecule has 2 heterocycles. The summed E-state index contributed by atoms with van der Waals surface area (Å²) in [5.74, 6) is 3.64. The van der Waals surface area contributed by atoms with Crippen molar-refractivity contribution in [1.29, 1.82) is 0 Å². The van der Waals surface area contributed by atoms with Crippen LogP contribution in [0, 0.1) is 0 Å². The number of hydrogen-bond acceptors (Lipinski definition) is 6.